The number of rotatable bonds is 4. The molecule has 0 saturated carbocycles. The highest BCUT2D eigenvalue weighted by molar-refractivity contribution is 6.39. The summed E-state index contributed by atoms with van der Waals surface area (Å²) in [6.07, 6.45) is 1.41. The van der Waals surface area contributed by atoms with Crippen LogP contribution in [0.15, 0.2) is 53.6 Å². The number of hydrazone groups is 1. The number of hydrogen-bond donors (Lipinski definition) is 2. The number of halogens is 1. The van der Waals surface area contributed by atoms with Crippen LogP contribution in [0.25, 0.3) is 0 Å². The molecule has 2 N–H and O–H groups in total. The van der Waals surface area contributed by atoms with Crippen molar-refractivity contribution >= 4 is 29.4 Å². The van der Waals surface area contributed by atoms with Crippen molar-refractivity contribution in [2.24, 2.45) is 5.10 Å². The van der Waals surface area contributed by atoms with Gasteiger partial charge in [-0.25, -0.2) is 9.82 Å². The number of nitrogens with zero attached hydrogens (tertiary/aromatic N) is 2. The molecule has 2 aromatic carbocycles. The summed E-state index contributed by atoms with van der Waals surface area (Å²) in [4.78, 5) is 25.2. The Balaban J connectivity index is 1.90. The first-order valence-electron chi connectivity index (χ1n) is 7.13. The lowest BCUT2D eigenvalue weighted by Crippen LogP contribution is -2.32. The minimum atomic E-state index is -1.000. The van der Waals surface area contributed by atoms with E-state index in [0.717, 1.165) is 11.3 Å². The molecule has 0 radical (unpaired) electrons. The maximum absolute atomic E-state index is 13.4. The Morgan fingerprint density at radius 1 is 1.04 bits per heavy atom. The number of nitrogens with one attached hydrogen (secondary N) is 2. The number of amides is 2. The predicted molar refractivity (Wildman–Crippen MR) is 91.5 cm³/mol. The van der Waals surface area contributed by atoms with E-state index in [2.05, 4.69) is 15.8 Å². The van der Waals surface area contributed by atoms with E-state index >= 15 is 0 Å². The third-order valence-electron chi connectivity index (χ3n) is 3.12. The lowest BCUT2D eigenvalue weighted by molar-refractivity contribution is -0.136. The SMILES string of the molecule is CN(C)c1ccc(C=NNC(=O)C(=O)Nc2ccccc2F)cc1. The minimum absolute atomic E-state index is 0.0686. The van der Waals surface area contributed by atoms with E-state index in [0.29, 0.717) is 0 Å². The molecule has 0 bridgehead atoms. The molecule has 2 amide bonds. The van der Waals surface area contributed by atoms with Gasteiger partial charge in [0.15, 0.2) is 0 Å². The van der Waals surface area contributed by atoms with E-state index in [1.807, 2.05) is 43.3 Å². The van der Waals surface area contributed by atoms with Crippen molar-refractivity contribution in [2.75, 3.05) is 24.3 Å². The molecule has 6 nitrogen and oxygen atoms in total. The van der Waals surface area contributed by atoms with Crippen molar-refractivity contribution in [2.45, 2.75) is 0 Å². The molecule has 0 spiro atoms. The first-order chi connectivity index (χ1) is 11.5. The summed E-state index contributed by atoms with van der Waals surface area (Å²) in [6.45, 7) is 0. The number of para-hydroxylation sites is 1. The molecule has 124 valence electrons. The van der Waals surface area contributed by atoms with Gasteiger partial charge in [-0.05, 0) is 29.8 Å². The molecule has 2 aromatic rings. The first kappa shape index (κ1) is 17.1. The highest BCUT2D eigenvalue weighted by Gasteiger charge is 2.14. The van der Waals surface area contributed by atoms with Gasteiger partial charge in [-0.3, -0.25) is 9.59 Å². The summed E-state index contributed by atoms with van der Waals surface area (Å²) in [6, 6.07) is 13.0. The summed E-state index contributed by atoms with van der Waals surface area (Å²) in [5, 5.41) is 5.88. The lowest BCUT2D eigenvalue weighted by Gasteiger charge is -2.11. The van der Waals surface area contributed by atoms with Crippen LogP contribution >= 0.6 is 0 Å². The van der Waals surface area contributed by atoms with Crippen LogP contribution in [0.1, 0.15) is 5.56 Å². The van der Waals surface area contributed by atoms with Gasteiger partial charge < -0.3 is 10.2 Å². The largest absolute Gasteiger partial charge is 0.378 e. The summed E-state index contributed by atoms with van der Waals surface area (Å²) >= 11 is 0. The molecule has 0 unspecified atom stereocenters. The zero-order chi connectivity index (χ0) is 17.5. The zero-order valence-corrected chi connectivity index (χ0v) is 13.3. The van der Waals surface area contributed by atoms with Crippen molar-refractivity contribution in [3.05, 3.63) is 59.9 Å². The fourth-order valence-corrected chi connectivity index (χ4v) is 1.82. The fourth-order valence-electron chi connectivity index (χ4n) is 1.82. The molecule has 0 heterocycles. The Morgan fingerprint density at radius 3 is 2.33 bits per heavy atom. The van der Waals surface area contributed by atoms with Crippen molar-refractivity contribution in [1.82, 2.24) is 5.43 Å². The van der Waals surface area contributed by atoms with E-state index in [4.69, 9.17) is 0 Å². The van der Waals surface area contributed by atoms with E-state index in [1.54, 1.807) is 6.07 Å². The maximum Gasteiger partial charge on any atom is 0.329 e. The van der Waals surface area contributed by atoms with Crippen molar-refractivity contribution in [3.63, 3.8) is 0 Å². The van der Waals surface area contributed by atoms with Crippen molar-refractivity contribution in [1.29, 1.82) is 0 Å². The van der Waals surface area contributed by atoms with Gasteiger partial charge in [-0.1, -0.05) is 24.3 Å². The lowest BCUT2D eigenvalue weighted by atomic mass is 10.2. The van der Waals surface area contributed by atoms with Gasteiger partial charge in [-0.2, -0.15) is 5.10 Å². The Labute approximate surface area is 139 Å². The van der Waals surface area contributed by atoms with Gasteiger partial charge in [0.1, 0.15) is 5.82 Å². The van der Waals surface area contributed by atoms with Crippen LogP contribution in [-0.4, -0.2) is 32.1 Å². The second-order valence-electron chi connectivity index (χ2n) is 5.12. The summed E-state index contributed by atoms with van der Waals surface area (Å²) in [5.74, 6) is -2.61. The van der Waals surface area contributed by atoms with Gasteiger partial charge in [0.25, 0.3) is 0 Å². The van der Waals surface area contributed by atoms with Gasteiger partial charge in [0.2, 0.25) is 0 Å². The van der Waals surface area contributed by atoms with Crippen LogP contribution < -0.4 is 15.6 Å². The third kappa shape index (κ3) is 4.64. The quantitative estimate of drug-likeness (QED) is 0.512. The molecule has 7 heteroatoms. The Morgan fingerprint density at radius 2 is 1.71 bits per heavy atom. The zero-order valence-electron chi connectivity index (χ0n) is 13.3. The molecule has 2 rings (SSSR count). The van der Waals surface area contributed by atoms with E-state index in [1.165, 1.54) is 24.4 Å². The monoisotopic (exact) mass is 328 g/mol. The Kier molecular flexibility index (Phi) is 5.62. The second-order valence-corrected chi connectivity index (χ2v) is 5.12. The molecule has 0 saturated heterocycles. The van der Waals surface area contributed by atoms with Crippen LogP contribution in [-0.2, 0) is 9.59 Å². The highest BCUT2D eigenvalue weighted by atomic mass is 19.1. The first-order valence-corrected chi connectivity index (χ1v) is 7.13. The van der Waals surface area contributed by atoms with Crippen LogP contribution in [0.3, 0.4) is 0 Å². The van der Waals surface area contributed by atoms with Crippen LogP contribution in [0.4, 0.5) is 15.8 Å². The topological polar surface area (TPSA) is 73.8 Å². The van der Waals surface area contributed by atoms with Crippen molar-refractivity contribution in [3.8, 4) is 0 Å². The Hall–Kier alpha value is -3.22. The van der Waals surface area contributed by atoms with E-state index < -0.39 is 17.6 Å². The number of carbonyl (C=O) groups is 2. The average Bonchev–Trinajstić information content (AvgIpc) is 2.57. The van der Waals surface area contributed by atoms with Gasteiger partial charge >= 0.3 is 11.8 Å². The number of benzene rings is 2. The second kappa shape index (κ2) is 7.87. The normalized spacial score (nSPS) is 10.5. The molecule has 0 fully saturated rings. The van der Waals surface area contributed by atoms with Gasteiger partial charge in [-0.15, -0.1) is 0 Å². The minimum Gasteiger partial charge on any atom is -0.378 e. The highest BCUT2D eigenvalue weighted by Crippen LogP contribution is 2.12. The number of carbonyl (C=O) groups excluding carboxylic acids is 2. The molecule has 0 aliphatic rings. The molecule has 24 heavy (non-hydrogen) atoms. The van der Waals surface area contributed by atoms with Crippen LogP contribution in [0.5, 0.6) is 0 Å². The van der Waals surface area contributed by atoms with E-state index in [-0.39, 0.29) is 5.69 Å². The molecular formula is C17H17FN4O2. The third-order valence-corrected chi connectivity index (χ3v) is 3.12. The number of hydrogen-bond acceptors (Lipinski definition) is 4. The summed E-state index contributed by atoms with van der Waals surface area (Å²) < 4.78 is 13.4. The standard InChI is InChI=1S/C17H17FN4O2/c1-22(2)13-9-7-12(8-10-13)11-19-21-17(24)16(23)20-15-6-4-3-5-14(15)18/h3-11H,1-2H3,(H,20,23)(H,21,24). The molecule has 0 atom stereocenters. The van der Waals surface area contributed by atoms with Crippen LogP contribution in [0.2, 0.25) is 0 Å². The molecule has 0 aromatic heterocycles. The molecular weight excluding hydrogens is 311 g/mol. The Bertz CT molecular complexity index is 757. The fraction of sp³-hybridized carbons (Fsp3) is 0.118. The van der Waals surface area contributed by atoms with Gasteiger partial charge in [0.05, 0.1) is 11.9 Å². The van der Waals surface area contributed by atoms with Crippen molar-refractivity contribution < 1.29 is 14.0 Å². The van der Waals surface area contributed by atoms with E-state index in [9.17, 15) is 14.0 Å². The van der Waals surface area contributed by atoms with Gasteiger partial charge in [0, 0.05) is 19.8 Å². The summed E-state index contributed by atoms with van der Waals surface area (Å²) in [7, 11) is 3.86. The number of anilines is 2. The average molecular weight is 328 g/mol. The molecule has 0 aliphatic heterocycles. The smallest absolute Gasteiger partial charge is 0.329 e. The maximum atomic E-state index is 13.4. The predicted octanol–water partition coefficient (Wildman–Crippen LogP) is 1.98. The summed E-state index contributed by atoms with van der Waals surface area (Å²) in [5.41, 5.74) is 3.81. The van der Waals surface area contributed by atoms with Crippen LogP contribution in [0, 0.1) is 5.82 Å². The molecule has 0 aliphatic carbocycles.